The highest BCUT2D eigenvalue weighted by Gasteiger charge is 2.20. The van der Waals surface area contributed by atoms with Crippen molar-refractivity contribution >= 4 is 27.6 Å². The zero-order valence-electron chi connectivity index (χ0n) is 12.4. The number of ether oxygens (including phenoxy) is 2. The molecule has 8 heteroatoms. The van der Waals surface area contributed by atoms with Gasteiger partial charge in [0.2, 0.25) is 0 Å². The Bertz CT molecular complexity index is 782. The van der Waals surface area contributed by atoms with E-state index in [-0.39, 0.29) is 10.6 Å². The van der Waals surface area contributed by atoms with Crippen LogP contribution in [-0.4, -0.2) is 28.9 Å². The van der Waals surface area contributed by atoms with Crippen LogP contribution < -0.4 is 14.3 Å². The first-order chi connectivity index (χ1) is 10.5. The average molecular weight is 340 g/mol. The van der Waals surface area contributed by atoms with Crippen molar-refractivity contribution in [2.24, 2.45) is 5.10 Å². The Morgan fingerprint density at radius 2 is 2.00 bits per heavy atom. The molecule has 1 heterocycles. The maximum absolute atomic E-state index is 12.3. The molecule has 2 rings (SSSR count). The molecule has 0 unspecified atom stereocenters. The molecule has 2 aromatic rings. The average Bonchev–Trinajstić information content (AvgIpc) is 2.92. The summed E-state index contributed by atoms with van der Waals surface area (Å²) in [5, 5.41) is 5.72. The van der Waals surface area contributed by atoms with Crippen molar-refractivity contribution in [3.8, 4) is 11.5 Å². The summed E-state index contributed by atoms with van der Waals surface area (Å²) in [6, 6.07) is 6.47. The third-order valence-electron chi connectivity index (χ3n) is 2.92. The van der Waals surface area contributed by atoms with E-state index in [1.165, 1.54) is 43.9 Å². The number of hydrogen-bond donors (Lipinski definition) is 1. The predicted octanol–water partition coefficient (Wildman–Crippen LogP) is 2.39. The largest absolute Gasteiger partial charge is 0.497 e. The molecule has 1 aromatic carbocycles. The van der Waals surface area contributed by atoms with Crippen molar-refractivity contribution in [2.45, 2.75) is 11.8 Å². The van der Waals surface area contributed by atoms with Crippen LogP contribution in [0, 0.1) is 6.92 Å². The smallest absolute Gasteiger partial charge is 0.280 e. The number of thiophene rings is 1. The SMILES string of the molecule is COc1ccc(OC)c(S(=O)(=O)N/N=C/c2sccc2C)c1. The molecule has 0 aliphatic carbocycles. The summed E-state index contributed by atoms with van der Waals surface area (Å²) in [5.41, 5.74) is 1.03. The molecule has 0 aliphatic heterocycles. The number of aryl methyl sites for hydroxylation is 1. The van der Waals surface area contributed by atoms with Gasteiger partial charge >= 0.3 is 0 Å². The maximum Gasteiger partial charge on any atom is 0.280 e. The van der Waals surface area contributed by atoms with Gasteiger partial charge in [-0.2, -0.15) is 18.4 Å². The van der Waals surface area contributed by atoms with Gasteiger partial charge in [-0.1, -0.05) is 0 Å². The normalized spacial score (nSPS) is 11.6. The lowest BCUT2D eigenvalue weighted by atomic mass is 10.3. The number of nitrogens with zero attached hydrogens (tertiary/aromatic N) is 1. The standard InChI is InChI=1S/C14H16N2O4S2/c1-10-6-7-21-13(10)9-15-16-22(17,18)14-8-11(19-2)4-5-12(14)20-3/h4-9,16H,1-3H3/b15-9+. The summed E-state index contributed by atoms with van der Waals surface area (Å²) in [6.07, 6.45) is 1.48. The van der Waals surface area contributed by atoms with Crippen LogP contribution in [0.25, 0.3) is 0 Å². The highest BCUT2D eigenvalue weighted by molar-refractivity contribution is 7.89. The lowest BCUT2D eigenvalue weighted by molar-refractivity contribution is 0.392. The van der Waals surface area contributed by atoms with Crippen LogP contribution in [0.15, 0.2) is 39.6 Å². The van der Waals surface area contributed by atoms with Crippen molar-refractivity contribution in [1.82, 2.24) is 4.83 Å². The third-order valence-corrected chi connectivity index (χ3v) is 5.11. The topological polar surface area (TPSA) is 77.0 Å². The second-order valence-electron chi connectivity index (χ2n) is 4.34. The molecule has 22 heavy (non-hydrogen) atoms. The van der Waals surface area contributed by atoms with Crippen molar-refractivity contribution < 1.29 is 17.9 Å². The van der Waals surface area contributed by atoms with Gasteiger partial charge in [-0.3, -0.25) is 0 Å². The lowest BCUT2D eigenvalue weighted by Crippen LogP contribution is -2.19. The minimum atomic E-state index is -3.85. The number of methoxy groups -OCH3 is 2. The molecule has 0 fully saturated rings. The minimum Gasteiger partial charge on any atom is -0.497 e. The predicted molar refractivity (Wildman–Crippen MR) is 86.5 cm³/mol. The first-order valence-electron chi connectivity index (χ1n) is 6.29. The first-order valence-corrected chi connectivity index (χ1v) is 8.65. The Balaban J connectivity index is 2.27. The summed E-state index contributed by atoms with van der Waals surface area (Å²) in [7, 11) is -0.986. The van der Waals surface area contributed by atoms with Gasteiger partial charge in [-0.05, 0) is 36.1 Å². The Labute approximate surface area is 133 Å². The number of nitrogens with one attached hydrogen (secondary N) is 1. The zero-order chi connectivity index (χ0) is 16.2. The molecule has 0 bridgehead atoms. The van der Waals surface area contributed by atoms with Crippen LogP contribution in [0.5, 0.6) is 11.5 Å². The quantitative estimate of drug-likeness (QED) is 0.647. The van der Waals surface area contributed by atoms with Gasteiger partial charge in [-0.25, -0.2) is 0 Å². The van der Waals surface area contributed by atoms with Gasteiger partial charge < -0.3 is 9.47 Å². The van der Waals surface area contributed by atoms with Crippen molar-refractivity contribution in [1.29, 1.82) is 0 Å². The van der Waals surface area contributed by atoms with Crippen molar-refractivity contribution in [2.75, 3.05) is 14.2 Å². The van der Waals surface area contributed by atoms with E-state index < -0.39 is 10.0 Å². The first kappa shape index (κ1) is 16.3. The Kier molecular flexibility index (Phi) is 5.04. The van der Waals surface area contributed by atoms with Crippen LogP contribution in [-0.2, 0) is 10.0 Å². The van der Waals surface area contributed by atoms with E-state index in [0.29, 0.717) is 5.75 Å². The van der Waals surface area contributed by atoms with Gasteiger partial charge in [0.25, 0.3) is 10.0 Å². The molecule has 6 nitrogen and oxygen atoms in total. The molecule has 0 spiro atoms. The maximum atomic E-state index is 12.3. The second-order valence-corrected chi connectivity index (χ2v) is 6.91. The summed E-state index contributed by atoms with van der Waals surface area (Å²) in [4.78, 5) is 3.04. The van der Waals surface area contributed by atoms with Gasteiger partial charge in [0, 0.05) is 6.07 Å². The number of hydrogen-bond acceptors (Lipinski definition) is 6. The minimum absolute atomic E-state index is 0.0330. The molecule has 0 aliphatic rings. The van der Waals surface area contributed by atoms with E-state index in [4.69, 9.17) is 9.47 Å². The summed E-state index contributed by atoms with van der Waals surface area (Å²) >= 11 is 1.48. The van der Waals surface area contributed by atoms with Crippen LogP contribution in [0.3, 0.4) is 0 Å². The van der Waals surface area contributed by atoms with E-state index in [9.17, 15) is 8.42 Å². The Hall–Kier alpha value is -2.06. The van der Waals surface area contributed by atoms with Gasteiger partial charge in [0.15, 0.2) is 0 Å². The summed E-state index contributed by atoms with van der Waals surface area (Å²) in [5.74, 6) is 0.634. The van der Waals surface area contributed by atoms with Crippen molar-refractivity contribution in [3.05, 3.63) is 40.1 Å². The monoisotopic (exact) mass is 340 g/mol. The van der Waals surface area contributed by atoms with E-state index in [0.717, 1.165) is 10.4 Å². The number of rotatable bonds is 6. The fourth-order valence-corrected chi connectivity index (χ4v) is 3.48. The number of hydrazone groups is 1. The fourth-order valence-electron chi connectivity index (χ4n) is 1.71. The van der Waals surface area contributed by atoms with Crippen molar-refractivity contribution in [3.63, 3.8) is 0 Å². The molecule has 118 valence electrons. The molecule has 0 radical (unpaired) electrons. The zero-order valence-corrected chi connectivity index (χ0v) is 14.0. The molecule has 0 amide bonds. The lowest BCUT2D eigenvalue weighted by Gasteiger charge is -2.10. The van der Waals surface area contributed by atoms with E-state index in [1.807, 2.05) is 18.4 Å². The van der Waals surface area contributed by atoms with Crippen LogP contribution in [0.1, 0.15) is 10.4 Å². The highest BCUT2D eigenvalue weighted by Crippen LogP contribution is 2.27. The van der Waals surface area contributed by atoms with E-state index >= 15 is 0 Å². The number of sulfonamides is 1. The van der Waals surface area contributed by atoms with Crippen LogP contribution >= 0.6 is 11.3 Å². The molecule has 1 aromatic heterocycles. The molecule has 0 atom stereocenters. The highest BCUT2D eigenvalue weighted by atomic mass is 32.2. The molecule has 0 saturated carbocycles. The summed E-state index contributed by atoms with van der Waals surface area (Å²) in [6.45, 7) is 1.93. The van der Waals surface area contributed by atoms with Gasteiger partial charge in [-0.15, -0.1) is 11.3 Å². The molecular formula is C14H16N2O4S2. The van der Waals surface area contributed by atoms with Gasteiger partial charge in [0.05, 0.1) is 25.3 Å². The second kappa shape index (κ2) is 6.80. The van der Waals surface area contributed by atoms with Crippen LogP contribution in [0.2, 0.25) is 0 Å². The Morgan fingerprint density at radius 1 is 1.23 bits per heavy atom. The fraction of sp³-hybridized carbons (Fsp3) is 0.214. The van der Waals surface area contributed by atoms with E-state index in [2.05, 4.69) is 9.93 Å². The summed E-state index contributed by atoms with van der Waals surface area (Å²) < 4.78 is 34.8. The third kappa shape index (κ3) is 3.58. The van der Waals surface area contributed by atoms with Crippen LogP contribution in [0.4, 0.5) is 0 Å². The van der Waals surface area contributed by atoms with E-state index in [1.54, 1.807) is 6.07 Å². The van der Waals surface area contributed by atoms with Gasteiger partial charge in [0.1, 0.15) is 16.4 Å². The molecular weight excluding hydrogens is 324 g/mol. The molecule has 0 saturated heterocycles. The molecule has 1 N–H and O–H groups in total. The number of benzene rings is 1. The Morgan fingerprint density at radius 3 is 2.59 bits per heavy atom.